The predicted octanol–water partition coefficient (Wildman–Crippen LogP) is 3.33. The zero-order valence-corrected chi connectivity index (χ0v) is 18.9. The summed E-state index contributed by atoms with van der Waals surface area (Å²) in [6.45, 7) is 5.90. The van der Waals surface area contributed by atoms with Gasteiger partial charge in [-0.25, -0.2) is 8.42 Å². The van der Waals surface area contributed by atoms with E-state index in [-0.39, 0.29) is 4.90 Å². The zero-order valence-electron chi connectivity index (χ0n) is 17.3. The van der Waals surface area contributed by atoms with Gasteiger partial charge in [-0.15, -0.1) is 10.2 Å². The lowest BCUT2D eigenvalue weighted by atomic mass is 10.2. The molecule has 2 aliphatic rings. The number of hydrogen-bond acceptors (Lipinski definition) is 6. The molecule has 0 saturated carbocycles. The maximum Gasteiger partial charge on any atom is 0.243 e. The second-order valence-electron chi connectivity index (χ2n) is 7.95. The molecule has 0 aliphatic carbocycles. The summed E-state index contributed by atoms with van der Waals surface area (Å²) in [4.78, 5) is 4.64. The molecule has 4 rings (SSSR count). The molecular formula is C21H28ClN5O2S. The van der Waals surface area contributed by atoms with Gasteiger partial charge in [0.15, 0.2) is 11.6 Å². The van der Waals surface area contributed by atoms with Crippen molar-refractivity contribution in [2.24, 2.45) is 0 Å². The number of halogens is 1. The molecule has 3 heterocycles. The van der Waals surface area contributed by atoms with E-state index in [2.05, 4.69) is 20.0 Å². The van der Waals surface area contributed by atoms with E-state index in [1.54, 1.807) is 12.1 Å². The summed E-state index contributed by atoms with van der Waals surface area (Å²) in [6, 6.07) is 8.93. The third kappa shape index (κ3) is 4.55. The van der Waals surface area contributed by atoms with Gasteiger partial charge in [0.1, 0.15) is 0 Å². The summed E-state index contributed by atoms with van der Waals surface area (Å²) < 4.78 is 27.4. The topological polar surface area (TPSA) is 69.6 Å². The Hall–Kier alpha value is -1.90. The van der Waals surface area contributed by atoms with Crippen LogP contribution in [0.3, 0.4) is 0 Å². The van der Waals surface area contributed by atoms with E-state index in [0.717, 1.165) is 30.3 Å². The molecule has 162 valence electrons. The number of rotatable bonds is 4. The minimum Gasteiger partial charge on any atom is -0.355 e. The Kier molecular flexibility index (Phi) is 6.46. The number of aromatic nitrogens is 2. The molecule has 0 N–H and O–H groups in total. The van der Waals surface area contributed by atoms with Gasteiger partial charge in [0.25, 0.3) is 0 Å². The van der Waals surface area contributed by atoms with Gasteiger partial charge in [-0.05, 0) is 49.6 Å². The van der Waals surface area contributed by atoms with Crippen molar-refractivity contribution in [2.45, 2.75) is 37.5 Å². The lowest BCUT2D eigenvalue weighted by Crippen LogP contribution is -2.49. The number of aryl methyl sites for hydroxylation is 1. The summed E-state index contributed by atoms with van der Waals surface area (Å²) >= 11 is 6.13. The molecule has 0 unspecified atom stereocenters. The van der Waals surface area contributed by atoms with Gasteiger partial charge in [-0.3, -0.25) is 0 Å². The fourth-order valence-electron chi connectivity index (χ4n) is 4.00. The maximum absolute atomic E-state index is 13.0. The second kappa shape index (κ2) is 9.08. The molecule has 30 heavy (non-hydrogen) atoms. The molecule has 2 fully saturated rings. The van der Waals surface area contributed by atoms with Crippen LogP contribution >= 0.6 is 11.6 Å². The largest absolute Gasteiger partial charge is 0.355 e. The van der Waals surface area contributed by atoms with Crippen LogP contribution in [0, 0.1) is 6.92 Å². The van der Waals surface area contributed by atoms with Gasteiger partial charge in [-0.1, -0.05) is 30.5 Å². The highest BCUT2D eigenvalue weighted by molar-refractivity contribution is 7.89. The number of benzene rings is 1. The van der Waals surface area contributed by atoms with Crippen molar-refractivity contribution in [1.29, 1.82) is 0 Å². The molecule has 2 aromatic rings. The maximum atomic E-state index is 13.0. The van der Waals surface area contributed by atoms with Crippen LogP contribution in [0.1, 0.15) is 31.2 Å². The molecule has 0 radical (unpaired) electrons. The van der Waals surface area contributed by atoms with E-state index >= 15 is 0 Å². The number of sulfonamides is 1. The van der Waals surface area contributed by atoms with Crippen LogP contribution in [-0.2, 0) is 10.0 Å². The molecule has 0 spiro atoms. The SMILES string of the molecule is Cc1ccc(S(=O)(=O)N2CCN(c3ccc(N4CCCCCC4)nn3)CC2)cc1Cl. The average molecular weight is 450 g/mol. The van der Waals surface area contributed by atoms with Gasteiger partial charge >= 0.3 is 0 Å². The molecular weight excluding hydrogens is 422 g/mol. The highest BCUT2D eigenvalue weighted by Gasteiger charge is 2.29. The first-order valence-electron chi connectivity index (χ1n) is 10.5. The van der Waals surface area contributed by atoms with Crippen LogP contribution in [0.25, 0.3) is 0 Å². The Morgan fingerprint density at radius 2 is 1.37 bits per heavy atom. The van der Waals surface area contributed by atoms with E-state index in [9.17, 15) is 8.42 Å². The van der Waals surface area contributed by atoms with Gasteiger partial charge in [-0.2, -0.15) is 4.31 Å². The number of nitrogens with zero attached hydrogens (tertiary/aromatic N) is 5. The summed E-state index contributed by atoms with van der Waals surface area (Å²) in [6.07, 6.45) is 4.96. The van der Waals surface area contributed by atoms with E-state index in [1.807, 2.05) is 19.1 Å². The Morgan fingerprint density at radius 3 is 1.90 bits per heavy atom. The van der Waals surface area contributed by atoms with Crippen molar-refractivity contribution >= 4 is 33.3 Å². The fourth-order valence-corrected chi connectivity index (χ4v) is 5.69. The molecule has 1 aromatic carbocycles. The quantitative estimate of drug-likeness (QED) is 0.713. The van der Waals surface area contributed by atoms with Crippen molar-refractivity contribution in [1.82, 2.24) is 14.5 Å². The molecule has 7 nitrogen and oxygen atoms in total. The van der Waals surface area contributed by atoms with Crippen molar-refractivity contribution in [3.05, 3.63) is 40.9 Å². The standard InChI is InChI=1S/C21H28ClN5O2S/c1-17-6-7-18(16-19(17)22)30(28,29)27-14-12-26(13-15-27)21-9-8-20(23-24-21)25-10-4-2-3-5-11-25/h6-9,16H,2-5,10-15H2,1H3. The predicted molar refractivity (Wildman–Crippen MR) is 120 cm³/mol. The highest BCUT2D eigenvalue weighted by Crippen LogP contribution is 2.25. The first-order valence-corrected chi connectivity index (χ1v) is 12.4. The normalized spacial score (nSPS) is 19.0. The van der Waals surface area contributed by atoms with Crippen LogP contribution in [0.4, 0.5) is 11.6 Å². The van der Waals surface area contributed by atoms with Crippen molar-refractivity contribution in [3.63, 3.8) is 0 Å². The first kappa shape index (κ1) is 21.3. The lowest BCUT2D eigenvalue weighted by molar-refractivity contribution is 0.383. The monoisotopic (exact) mass is 449 g/mol. The van der Waals surface area contributed by atoms with E-state index in [4.69, 9.17) is 11.6 Å². The van der Waals surface area contributed by atoms with Crippen LogP contribution in [0.5, 0.6) is 0 Å². The smallest absolute Gasteiger partial charge is 0.243 e. The van der Waals surface area contributed by atoms with Crippen molar-refractivity contribution in [3.8, 4) is 0 Å². The van der Waals surface area contributed by atoms with E-state index in [1.165, 1.54) is 36.1 Å². The Morgan fingerprint density at radius 1 is 0.800 bits per heavy atom. The van der Waals surface area contributed by atoms with Crippen molar-refractivity contribution < 1.29 is 8.42 Å². The van der Waals surface area contributed by atoms with E-state index in [0.29, 0.717) is 31.2 Å². The average Bonchev–Trinajstić information content (AvgIpc) is 3.05. The van der Waals surface area contributed by atoms with Gasteiger partial charge < -0.3 is 9.80 Å². The summed E-state index contributed by atoms with van der Waals surface area (Å²) in [5, 5.41) is 9.33. The third-order valence-electron chi connectivity index (χ3n) is 5.91. The third-order valence-corrected chi connectivity index (χ3v) is 8.21. The Bertz CT molecular complexity index is 967. The fraction of sp³-hybridized carbons (Fsp3) is 0.524. The van der Waals surface area contributed by atoms with Crippen LogP contribution in [-0.4, -0.2) is 62.2 Å². The highest BCUT2D eigenvalue weighted by atomic mass is 35.5. The van der Waals surface area contributed by atoms with Gasteiger partial charge in [0.2, 0.25) is 10.0 Å². The Labute approximate surface area is 183 Å². The summed E-state index contributed by atoms with van der Waals surface area (Å²) in [7, 11) is -3.55. The summed E-state index contributed by atoms with van der Waals surface area (Å²) in [5.41, 5.74) is 0.864. The van der Waals surface area contributed by atoms with Crippen molar-refractivity contribution in [2.75, 3.05) is 49.1 Å². The molecule has 2 aliphatic heterocycles. The minimum atomic E-state index is -3.55. The molecule has 2 saturated heterocycles. The lowest BCUT2D eigenvalue weighted by Gasteiger charge is -2.34. The second-order valence-corrected chi connectivity index (χ2v) is 10.3. The first-order chi connectivity index (χ1) is 14.4. The zero-order chi connectivity index (χ0) is 21.1. The molecule has 0 atom stereocenters. The van der Waals surface area contributed by atoms with Gasteiger partial charge in [0, 0.05) is 44.3 Å². The van der Waals surface area contributed by atoms with Crippen LogP contribution in [0.2, 0.25) is 5.02 Å². The molecule has 0 bridgehead atoms. The molecule has 1 aromatic heterocycles. The number of piperazine rings is 1. The van der Waals surface area contributed by atoms with Gasteiger partial charge in [0.05, 0.1) is 4.90 Å². The molecule has 9 heteroatoms. The number of hydrogen-bond donors (Lipinski definition) is 0. The van der Waals surface area contributed by atoms with Crippen LogP contribution in [0.15, 0.2) is 35.2 Å². The minimum absolute atomic E-state index is 0.244. The van der Waals surface area contributed by atoms with E-state index < -0.39 is 10.0 Å². The summed E-state index contributed by atoms with van der Waals surface area (Å²) in [5.74, 6) is 1.72. The number of anilines is 2. The van der Waals surface area contributed by atoms with Crippen LogP contribution < -0.4 is 9.80 Å². The Balaban J connectivity index is 1.39. The molecule has 0 amide bonds.